The summed E-state index contributed by atoms with van der Waals surface area (Å²) in [6, 6.07) is 0. The number of nitrogens with zero attached hydrogens (tertiary/aromatic N) is 4. The number of thiazole rings is 1. The highest BCUT2D eigenvalue weighted by Gasteiger charge is 2.08. The predicted octanol–water partition coefficient (Wildman–Crippen LogP) is 2.71. The SMILES string of the molecule is Cc1cn2nc(Sc3nccs3)sc2n1. The first-order valence-corrected chi connectivity index (χ1v) is 6.73. The second-order valence-electron chi connectivity index (χ2n) is 2.88. The van der Waals surface area contributed by atoms with Crippen LogP contribution in [-0.2, 0) is 0 Å². The van der Waals surface area contributed by atoms with E-state index in [4.69, 9.17) is 0 Å². The van der Waals surface area contributed by atoms with Crippen molar-refractivity contribution in [1.82, 2.24) is 19.6 Å². The third-order valence-corrected chi connectivity index (χ3v) is 4.59. The van der Waals surface area contributed by atoms with Crippen LogP contribution < -0.4 is 0 Å². The summed E-state index contributed by atoms with van der Waals surface area (Å²) < 4.78 is 3.81. The van der Waals surface area contributed by atoms with E-state index in [0.717, 1.165) is 19.3 Å². The zero-order valence-electron chi connectivity index (χ0n) is 7.75. The average molecular weight is 254 g/mol. The third-order valence-electron chi connectivity index (χ3n) is 1.73. The molecule has 0 saturated carbocycles. The van der Waals surface area contributed by atoms with E-state index in [1.54, 1.807) is 40.6 Å². The molecule has 0 aliphatic heterocycles. The summed E-state index contributed by atoms with van der Waals surface area (Å²) in [5, 5.41) is 6.37. The van der Waals surface area contributed by atoms with Gasteiger partial charge in [0.1, 0.15) is 0 Å². The third kappa shape index (κ3) is 1.77. The maximum atomic E-state index is 4.41. The largest absolute Gasteiger partial charge is 0.238 e. The molecule has 3 aromatic heterocycles. The van der Waals surface area contributed by atoms with E-state index in [1.165, 1.54) is 0 Å². The highest BCUT2D eigenvalue weighted by atomic mass is 32.2. The molecule has 0 N–H and O–H groups in total. The van der Waals surface area contributed by atoms with Gasteiger partial charge >= 0.3 is 0 Å². The van der Waals surface area contributed by atoms with Gasteiger partial charge in [-0.1, -0.05) is 11.3 Å². The van der Waals surface area contributed by atoms with Crippen molar-refractivity contribution < 1.29 is 0 Å². The number of imidazole rings is 1. The van der Waals surface area contributed by atoms with E-state index >= 15 is 0 Å². The van der Waals surface area contributed by atoms with Gasteiger partial charge < -0.3 is 0 Å². The molecule has 7 heteroatoms. The molecule has 0 aromatic carbocycles. The molecule has 3 aromatic rings. The van der Waals surface area contributed by atoms with E-state index in [9.17, 15) is 0 Å². The fourth-order valence-electron chi connectivity index (χ4n) is 1.17. The van der Waals surface area contributed by atoms with Gasteiger partial charge in [-0.25, -0.2) is 14.5 Å². The average Bonchev–Trinajstić information content (AvgIpc) is 2.81. The lowest BCUT2D eigenvalue weighted by Gasteiger charge is -1.87. The predicted molar refractivity (Wildman–Crippen MR) is 61.8 cm³/mol. The maximum absolute atomic E-state index is 4.41. The van der Waals surface area contributed by atoms with Gasteiger partial charge in [-0.15, -0.1) is 16.4 Å². The van der Waals surface area contributed by atoms with Gasteiger partial charge in [0.2, 0.25) is 4.96 Å². The number of rotatable bonds is 2. The van der Waals surface area contributed by atoms with E-state index in [-0.39, 0.29) is 0 Å². The molecule has 3 rings (SSSR count). The number of hydrogen-bond acceptors (Lipinski definition) is 6. The van der Waals surface area contributed by atoms with Crippen LogP contribution in [0.2, 0.25) is 0 Å². The van der Waals surface area contributed by atoms with Gasteiger partial charge in [-0.3, -0.25) is 0 Å². The van der Waals surface area contributed by atoms with Crippen LogP contribution in [0, 0.1) is 6.92 Å². The van der Waals surface area contributed by atoms with Crippen molar-refractivity contribution in [2.75, 3.05) is 0 Å². The number of aromatic nitrogens is 4. The molecule has 0 saturated heterocycles. The van der Waals surface area contributed by atoms with Gasteiger partial charge in [0.15, 0.2) is 8.68 Å². The van der Waals surface area contributed by atoms with Crippen LogP contribution in [0.5, 0.6) is 0 Å². The molecule has 0 spiro atoms. The van der Waals surface area contributed by atoms with Crippen molar-refractivity contribution in [2.45, 2.75) is 15.6 Å². The van der Waals surface area contributed by atoms with Gasteiger partial charge in [0.05, 0.1) is 11.9 Å². The first-order valence-electron chi connectivity index (χ1n) is 4.21. The Kier molecular flexibility index (Phi) is 2.23. The minimum absolute atomic E-state index is 0.937. The molecule has 0 aliphatic rings. The van der Waals surface area contributed by atoms with Gasteiger partial charge in [0, 0.05) is 11.6 Å². The molecule has 76 valence electrons. The van der Waals surface area contributed by atoms with Crippen LogP contribution in [0.25, 0.3) is 4.96 Å². The Balaban J connectivity index is 1.95. The minimum Gasteiger partial charge on any atom is -0.238 e. The number of hydrogen-bond donors (Lipinski definition) is 0. The van der Waals surface area contributed by atoms with Crippen LogP contribution in [0.1, 0.15) is 5.69 Å². The second-order valence-corrected chi connectivity index (χ2v) is 6.22. The van der Waals surface area contributed by atoms with Crippen molar-refractivity contribution in [3.8, 4) is 0 Å². The lowest BCUT2D eigenvalue weighted by atomic mass is 10.6. The molecule has 0 aliphatic carbocycles. The first-order chi connectivity index (χ1) is 7.31. The molecule has 0 atom stereocenters. The molecule has 3 heterocycles. The molecule has 4 nitrogen and oxygen atoms in total. The van der Waals surface area contributed by atoms with Gasteiger partial charge in [-0.2, -0.15) is 0 Å². The monoisotopic (exact) mass is 254 g/mol. The normalized spacial score (nSPS) is 11.3. The Labute approximate surface area is 98.0 Å². The van der Waals surface area contributed by atoms with Crippen LogP contribution in [0.3, 0.4) is 0 Å². The lowest BCUT2D eigenvalue weighted by molar-refractivity contribution is 0.912. The minimum atomic E-state index is 0.937. The first kappa shape index (κ1) is 9.32. The zero-order chi connectivity index (χ0) is 10.3. The molecular weight excluding hydrogens is 248 g/mol. The van der Waals surface area contributed by atoms with Crippen molar-refractivity contribution in [3.63, 3.8) is 0 Å². The molecule has 0 bridgehead atoms. The Morgan fingerprint density at radius 1 is 1.40 bits per heavy atom. The van der Waals surface area contributed by atoms with E-state index in [2.05, 4.69) is 15.1 Å². The fraction of sp³-hybridized carbons (Fsp3) is 0.125. The fourth-order valence-corrected chi connectivity index (χ4v) is 3.96. The molecule has 0 amide bonds. The lowest BCUT2D eigenvalue weighted by Crippen LogP contribution is -1.79. The standard InChI is InChI=1S/C8H6N4S3/c1-5-4-12-6(10-5)14-8(11-12)15-7-9-2-3-13-7/h2-4H,1H3. The summed E-state index contributed by atoms with van der Waals surface area (Å²) in [7, 11) is 0. The quantitative estimate of drug-likeness (QED) is 0.705. The highest BCUT2D eigenvalue weighted by molar-refractivity contribution is 8.02. The summed E-state index contributed by atoms with van der Waals surface area (Å²) in [5.41, 5.74) is 1.000. The van der Waals surface area contributed by atoms with E-state index < -0.39 is 0 Å². The highest BCUT2D eigenvalue weighted by Crippen LogP contribution is 2.32. The van der Waals surface area contributed by atoms with Crippen LogP contribution >= 0.6 is 34.4 Å². The van der Waals surface area contributed by atoms with E-state index in [1.807, 2.05) is 23.0 Å². The van der Waals surface area contributed by atoms with Crippen molar-refractivity contribution in [3.05, 3.63) is 23.5 Å². The van der Waals surface area contributed by atoms with E-state index in [0.29, 0.717) is 0 Å². The summed E-state index contributed by atoms with van der Waals surface area (Å²) in [5.74, 6) is 0. The smallest absolute Gasteiger partial charge is 0.213 e. The number of aryl methyl sites for hydroxylation is 1. The Bertz CT molecular complexity index is 549. The van der Waals surface area contributed by atoms with Crippen LogP contribution in [0.15, 0.2) is 26.5 Å². The topological polar surface area (TPSA) is 43.1 Å². The molecule has 0 radical (unpaired) electrons. The Morgan fingerprint density at radius 3 is 3.07 bits per heavy atom. The van der Waals surface area contributed by atoms with Crippen LogP contribution in [-0.4, -0.2) is 19.6 Å². The second kappa shape index (κ2) is 3.58. The van der Waals surface area contributed by atoms with Gasteiger partial charge in [-0.05, 0) is 18.7 Å². The summed E-state index contributed by atoms with van der Waals surface area (Å²) in [6.07, 6.45) is 3.73. The summed E-state index contributed by atoms with van der Waals surface area (Å²) >= 11 is 4.79. The Morgan fingerprint density at radius 2 is 2.33 bits per heavy atom. The van der Waals surface area contributed by atoms with Gasteiger partial charge in [0.25, 0.3) is 0 Å². The molecule has 0 unspecified atom stereocenters. The van der Waals surface area contributed by atoms with Crippen molar-refractivity contribution >= 4 is 39.4 Å². The van der Waals surface area contributed by atoms with Crippen LogP contribution in [0.4, 0.5) is 0 Å². The summed E-state index contributed by atoms with van der Waals surface area (Å²) in [6.45, 7) is 1.97. The van der Waals surface area contributed by atoms with Crippen molar-refractivity contribution in [2.24, 2.45) is 0 Å². The molecule has 15 heavy (non-hydrogen) atoms. The van der Waals surface area contributed by atoms with Crippen molar-refractivity contribution in [1.29, 1.82) is 0 Å². The zero-order valence-corrected chi connectivity index (χ0v) is 10.2. The molecule has 0 fully saturated rings. The summed E-state index contributed by atoms with van der Waals surface area (Å²) in [4.78, 5) is 9.49. The number of fused-ring (bicyclic) bond motifs is 1. The maximum Gasteiger partial charge on any atom is 0.213 e. The molecular formula is C8H6N4S3. The Hall–Kier alpha value is -0.920.